The molecule has 0 aliphatic heterocycles. The van der Waals surface area contributed by atoms with E-state index in [1.165, 1.54) is 31.9 Å². The molecule has 0 heterocycles. The monoisotopic (exact) mass is 405 g/mol. The molecule has 0 spiro atoms. The molecule has 1 saturated carbocycles. The van der Waals surface area contributed by atoms with Crippen molar-refractivity contribution in [1.82, 2.24) is 0 Å². The van der Waals surface area contributed by atoms with Gasteiger partial charge in [-0.1, -0.05) is 36.4 Å². The molecule has 1 aliphatic rings. The highest BCUT2D eigenvalue weighted by Crippen LogP contribution is 2.39. The van der Waals surface area contributed by atoms with Crippen molar-refractivity contribution in [3.63, 3.8) is 0 Å². The second kappa shape index (κ2) is 8.57. The average Bonchev–Trinajstić information content (AvgIpc) is 3.23. The van der Waals surface area contributed by atoms with Crippen molar-refractivity contribution in [2.45, 2.75) is 38.7 Å². The number of anilines is 1. The first-order valence-corrected chi connectivity index (χ1v) is 10.2. The van der Waals surface area contributed by atoms with E-state index in [1.807, 2.05) is 36.4 Å². The maximum atomic E-state index is 14.4. The van der Waals surface area contributed by atoms with Gasteiger partial charge in [-0.3, -0.25) is 4.79 Å². The minimum Gasteiger partial charge on any atom is -0.507 e. The molecular formula is C25H24FNO3. The molecule has 1 fully saturated rings. The van der Waals surface area contributed by atoms with E-state index in [9.17, 15) is 14.3 Å². The Morgan fingerprint density at radius 3 is 2.33 bits per heavy atom. The van der Waals surface area contributed by atoms with Gasteiger partial charge in [0.1, 0.15) is 17.3 Å². The summed E-state index contributed by atoms with van der Waals surface area (Å²) in [6.07, 6.45) is 4.80. The number of halogens is 1. The average molecular weight is 405 g/mol. The number of amides is 1. The Balaban J connectivity index is 1.65. The van der Waals surface area contributed by atoms with Crippen LogP contribution in [0.15, 0.2) is 60.7 Å². The number of ether oxygens (including phenoxy) is 1. The number of para-hydroxylation sites is 1. The van der Waals surface area contributed by atoms with Crippen LogP contribution in [0.25, 0.3) is 22.3 Å². The normalized spacial score (nSPS) is 13.9. The van der Waals surface area contributed by atoms with Crippen molar-refractivity contribution >= 4 is 11.6 Å². The van der Waals surface area contributed by atoms with Crippen molar-refractivity contribution in [3.8, 4) is 33.8 Å². The van der Waals surface area contributed by atoms with Crippen molar-refractivity contribution in [2.24, 2.45) is 0 Å². The highest BCUT2D eigenvalue weighted by Gasteiger charge is 2.17. The van der Waals surface area contributed by atoms with Gasteiger partial charge in [0.2, 0.25) is 5.91 Å². The van der Waals surface area contributed by atoms with E-state index in [2.05, 4.69) is 5.32 Å². The number of phenolic OH excluding ortho intramolecular Hbond substituents is 1. The van der Waals surface area contributed by atoms with E-state index in [-0.39, 0.29) is 23.4 Å². The third-order valence-corrected chi connectivity index (χ3v) is 5.38. The molecule has 2 N–H and O–H groups in total. The summed E-state index contributed by atoms with van der Waals surface area (Å²) < 4.78 is 20.5. The summed E-state index contributed by atoms with van der Waals surface area (Å²) in [7, 11) is 0. The predicted octanol–water partition coefficient (Wildman–Crippen LogP) is 6.15. The number of nitrogens with one attached hydrogen (secondary N) is 1. The quantitative estimate of drug-likeness (QED) is 0.536. The van der Waals surface area contributed by atoms with Crippen molar-refractivity contribution < 1.29 is 19.0 Å². The Morgan fingerprint density at radius 2 is 1.67 bits per heavy atom. The standard InChI is InChI=1S/C25H24FNO3/c1-16(28)27-24-13-12-18(15-23(24)26)22-11-5-10-21(25(22)29)17-6-4-9-20(14-17)30-19-7-2-3-8-19/h4-6,9-15,19,29H,2-3,7-8H2,1H3,(H,27,28). The lowest BCUT2D eigenvalue weighted by atomic mass is 9.97. The zero-order chi connectivity index (χ0) is 21.1. The molecule has 3 aromatic rings. The first-order valence-electron chi connectivity index (χ1n) is 10.2. The highest BCUT2D eigenvalue weighted by molar-refractivity contribution is 5.89. The van der Waals surface area contributed by atoms with Crippen LogP contribution in [0.2, 0.25) is 0 Å². The zero-order valence-corrected chi connectivity index (χ0v) is 16.8. The zero-order valence-electron chi connectivity index (χ0n) is 16.8. The molecule has 0 unspecified atom stereocenters. The molecule has 0 atom stereocenters. The van der Waals surface area contributed by atoms with Crippen LogP contribution in [0.5, 0.6) is 11.5 Å². The summed E-state index contributed by atoms with van der Waals surface area (Å²) >= 11 is 0. The van der Waals surface area contributed by atoms with Crippen LogP contribution in [0.4, 0.5) is 10.1 Å². The van der Waals surface area contributed by atoms with E-state index >= 15 is 0 Å². The third-order valence-electron chi connectivity index (χ3n) is 5.38. The number of hydrogen-bond donors (Lipinski definition) is 2. The second-order valence-electron chi connectivity index (χ2n) is 7.63. The van der Waals surface area contributed by atoms with Gasteiger partial charge in [0.15, 0.2) is 0 Å². The number of aromatic hydroxyl groups is 1. The Hall–Kier alpha value is -3.34. The molecule has 0 aromatic heterocycles. The maximum Gasteiger partial charge on any atom is 0.221 e. The van der Waals surface area contributed by atoms with Crippen LogP contribution >= 0.6 is 0 Å². The summed E-state index contributed by atoms with van der Waals surface area (Å²) in [5.74, 6) is -0.0391. The summed E-state index contributed by atoms with van der Waals surface area (Å²) in [6, 6.07) is 17.6. The van der Waals surface area contributed by atoms with Crippen molar-refractivity contribution in [2.75, 3.05) is 5.32 Å². The van der Waals surface area contributed by atoms with Crippen LogP contribution < -0.4 is 10.1 Å². The highest BCUT2D eigenvalue weighted by atomic mass is 19.1. The molecule has 30 heavy (non-hydrogen) atoms. The molecule has 4 nitrogen and oxygen atoms in total. The molecule has 5 heteroatoms. The lowest BCUT2D eigenvalue weighted by Crippen LogP contribution is -2.10. The van der Waals surface area contributed by atoms with E-state index < -0.39 is 5.82 Å². The SMILES string of the molecule is CC(=O)Nc1ccc(-c2cccc(-c3cccc(OC4CCCC4)c3)c2O)cc1F. The van der Waals surface area contributed by atoms with Gasteiger partial charge in [-0.25, -0.2) is 4.39 Å². The maximum absolute atomic E-state index is 14.4. The molecule has 0 saturated heterocycles. The molecule has 3 aromatic carbocycles. The minimum absolute atomic E-state index is 0.0715. The first kappa shape index (κ1) is 20.0. The number of carbonyl (C=O) groups is 1. The van der Waals surface area contributed by atoms with E-state index in [4.69, 9.17) is 4.74 Å². The fourth-order valence-electron chi connectivity index (χ4n) is 3.92. The lowest BCUT2D eigenvalue weighted by molar-refractivity contribution is -0.114. The smallest absolute Gasteiger partial charge is 0.221 e. The van der Waals surface area contributed by atoms with Gasteiger partial charge >= 0.3 is 0 Å². The number of benzene rings is 3. The third kappa shape index (κ3) is 4.30. The predicted molar refractivity (Wildman–Crippen MR) is 116 cm³/mol. The molecule has 154 valence electrons. The summed E-state index contributed by atoms with van der Waals surface area (Å²) in [6.45, 7) is 1.33. The fraction of sp³-hybridized carbons (Fsp3) is 0.240. The van der Waals surface area contributed by atoms with Crippen LogP contribution in [-0.2, 0) is 4.79 Å². The number of hydrogen-bond acceptors (Lipinski definition) is 3. The van der Waals surface area contributed by atoms with Crippen molar-refractivity contribution in [1.29, 1.82) is 0 Å². The van der Waals surface area contributed by atoms with Crippen LogP contribution in [0, 0.1) is 5.82 Å². The van der Waals surface area contributed by atoms with Crippen LogP contribution in [0.3, 0.4) is 0 Å². The molecule has 4 rings (SSSR count). The summed E-state index contributed by atoms with van der Waals surface area (Å²) in [5, 5.41) is 13.4. The fourth-order valence-corrected chi connectivity index (χ4v) is 3.92. The topological polar surface area (TPSA) is 58.6 Å². The number of rotatable bonds is 5. The molecular weight excluding hydrogens is 381 g/mol. The number of carbonyl (C=O) groups excluding carboxylic acids is 1. The Bertz CT molecular complexity index is 1070. The summed E-state index contributed by atoms with van der Waals surface area (Å²) in [5.41, 5.74) is 2.64. The van der Waals surface area contributed by atoms with Gasteiger partial charge in [-0.15, -0.1) is 0 Å². The van der Waals surface area contributed by atoms with Gasteiger partial charge in [0.05, 0.1) is 11.8 Å². The largest absolute Gasteiger partial charge is 0.507 e. The van der Waals surface area contributed by atoms with Gasteiger partial charge < -0.3 is 15.2 Å². The molecule has 1 amide bonds. The Labute approximate surface area is 175 Å². The van der Waals surface area contributed by atoms with Gasteiger partial charge in [-0.05, 0) is 61.1 Å². The van der Waals surface area contributed by atoms with E-state index in [0.29, 0.717) is 16.7 Å². The first-order chi connectivity index (χ1) is 14.5. The molecule has 1 aliphatic carbocycles. The number of phenols is 1. The van der Waals surface area contributed by atoms with Gasteiger partial charge in [0.25, 0.3) is 0 Å². The van der Waals surface area contributed by atoms with Crippen molar-refractivity contribution in [3.05, 3.63) is 66.5 Å². The van der Waals surface area contributed by atoms with Crippen LogP contribution in [-0.4, -0.2) is 17.1 Å². The van der Waals surface area contributed by atoms with Crippen LogP contribution in [0.1, 0.15) is 32.6 Å². The Morgan fingerprint density at radius 1 is 1.00 bits per heavy atom. The molecule has 0 radical (unpaired) electrons. The van der Waals surface area contributed by atoms with Gasteiger partial charge in [-0.2, -0.15) is 0 Å². The summed E-state index contributed by atoms with van der Waals surface area (Å²) in [4.78, 5) is 11.2. The second-order valence-corrected chi connectivity index (χ2v) is 7.63. The Kier molecular flexibility index (Phi) is 5.70. The lowest BCUT2D eigenvalue weighted by Gasteiger charge is -2.15. The molecule has 0 bridgehead atoms. The van der Waals surface area contributed by atoms with E-state index in [0.717, 1.165) is 24.2 Å². The van der Waals surface area contributed by atoms with E-state index in [1.54, 1.807) is 12.1 Å². The van der Waals surface area contributed by atoms with Gasteiger partial charge in [0, 0.05) is 18.1 Å². The minimum atomic E-state index is -0.556.